The quantitative estimate of drug-likeness (QED) is 0.0262. The molecule has 0 bridgehead atoms. The highest BCUT2D eigenvalue weighted by atomic mass is 16.6. The van der Waals surface area contributed by atoms with E-state index in [4.69, 9.17) is 14.2 Å². The van der Waals surface area contributed by atoms with Gasteiger partial charge >= 0.3 is 17.9 Å². The van der Waals surface area contributed by atoms with Gasteiger partial charge in [-0.2, -0.15) is 0 Å². The molecule has 0 radical (unpaired) electrons. The molecule has 0 unspecified atom stereocenters. The fourth-order valence-electron chi connectivity index (χ4n) is 8.07. The molecule has 0 saturated heterocycles. The van der Waals surface area contributed by atoms with Crippen LogP contribution in [0.1, 0.15) is 297 Å². The zero-order chi connectivity index (χ0) is 46.5. The summed E-state index contributed by atoms with van der Waals surface area (Å²) in [5.74, 6) is -0.887. The normalized spacial score (nSPS) is 12.2. The average molecular weight is 899 g/mol. The Labute approximate surface area is 397 Å². The first-order chi connectivity index (χ1) is 31.5. The molecule has 0 saturated carbocycles. The highest BCUT2D eigenvalue weighted by Gasteiger charge is 2.19. The Kier molecular flexibility index (Phi) is 51.3. The van der Waals surface area contributed by atoms with Gasteiger partial charge in [0.25, 0.3) is 0 Å². The van der Waals surface area contributed by atoms with Gasteiger partial charge in [0.2, 0.25) is 0 Å². The Bertz CT molecular complexity index is 1080. The summed E-state index contributed by atoms with van der Waals surface area (Å²) in [5.41, 5.74) is 0. The number of unbranched alkanes of at least 4 members (excludes halogenated alkanes) is 34. The van der Waals surface area contributed by atoms with Crippen LogP contribution in [0.15, 0.2) is 36.5 Å². The first kappa shape index (κ1) is 61.6. The maximum Gasteiger partial charge on any atom is 0.306 e. The molecule has 0 aliphatic carbocycles. The van der Waals surface area contributed by atoms with Crippen LogP contribution in [-0.4, -0.2) is 37.2 Å². The van der Waals surface area contributed by atoms with Gasteiger partial charge < -0.3 is 14.2 Å². The van der Waals surface area contributed by atoms with Crippen molar-refractivity contribution in [1.29, 1.82) is 0 Å². The topological polar surface area (TPSA) is 78.9 Å². The largest absolute Gasteiger partial charge is 0.462 e. The second kappa shape index (κ2) is 53.2. The maximum atomic E-state index is 12.8. The summed E-state index contributed by atoms with van der Waals surface area (Å²) in [7, 11) is 0. The van der Waals surface area contributed by atoms with Gasteiger partial charge in [-0.15, -0.1) is 0 Å². The molecule has 64 heavy (non-hydrogen) atoms. The maximum absolute atomic E-state index is 12.8. The first-order valence-corrected chi connectivity index (χ1v) is 28.0. The van der Waals surface area contributed by atoms with Crippen LogP contribution in [0.4, 0.5) is 0 Å². The van der Waals surface area contributed by atoms with Crippen LogP contribution in [0.2, 0.25) is 0 Å². The number of hydrogen-bond acceptors (Lipinski definition) is 6. The zero-order valence-electron chi connectivity index (χ0n) is 42.8. The minimum atomic E-state index is -0.779. The molecule has 1 atom stereocenters. The van der Waals surface area contributed by atoms with Crippen molar-refractivity contribution in [3.8, 4) is 0 Å². The van der Waals surface area contributed by atoms with Gasteiger partial charge in [0, 0.05) is 19.3 Å². The lowest BCUT2D eigenvalue weighted by molar-refractivity contribution is -0.167. The van der Waals surface area contributed by atoms with E-state index in [2.05, 4.69) is 57.2 Å². The Morgan fingerprint density at radius 1 is 0.297 bits per heavy atom. The second-order valence-corrected chi connectivity index (χ2v) is 18.8. The molecule has 0 N–H and O–H groups in total. The lowest BCUT2D eigenvalue weighted by Gasteiger charge is -2.18. The number of allylic oxidation sites excluding steroid dienone is 6. The molecule has 0 amide bonds. The monoisotopic (exact) mass is 899 g/mol. The molecule has 0 rings (SSSR count). The third-order valence-corrected chi connectivity index (χ3v) is 12.3. The minimum Gasteiger partial charge on any atom is -0.462 e. The Balaban J connectivity index is 4.37. The molecule has 0 fully saturated rings. The van der Waals surface area contributed by atoms with Gasteiger partial charge in [0.1, 0.15) is 13.2 Å². The molecule has 6 heteroatoms. The second-order valence-electron chi connectivity index (χ2n) is 18.8. The fourth-order valence-corrected chi connectivity index (χ4v) is 8.07. The van der Waals surface area contributed by atoms with E-state index >= 15 is 0 Å². The van der Waals surface area contributed by atoms with Crippen molar-refractivity contribution in [2.24, 2.45) is 0 Å². The van der Waals surface area contributed by atoms with Gasteiger partial charge in [-0.3, -0.25) is 14.4 Å². The Hall–Kier alpha value is -2.37. The van der Waals surface area contributed by atoms with E-state index in [1.165, 1.54) is 186 Å². The highest BCUT2D eigenvalue weighted by molar-refractivity contribution is 5.71. The summed E-state index contributed by atoms with van der Waals surface area (Å²) in [6, 6.07) is 0. The standard InChI is InChI=1S/C58H106O6/c1-4-7-10-13-16-19-22-25-28-29-31-33-36-39-42-45-48-51-57(60)63-54-55(53-62-56(59)50-47-44-41-38-35-32-27-24-21-18-15-12-9-6-3)64-58(61)52-49-46-43-40-37-34-30-26-23-20-17-14-11-8-5-2/h24-28,30,55H,4-23,29,31-54H2,1-3H3/b27-24-,28-25-,30-26-/t55-/m1/s1. The lowest BCUT2D eigenvalue weighted by atomic mass is 10.1. The molecule has 0 aromatic heterocycles. The molecule has 0 aliphatic heterocycles. The van der Waals surface area contributed by atoms with Crippen molar-refractivity contribution >= 4 is 17.9 Å². The zero-order valence-corrected chi connectivity index (χ0v) is 42.8. The third kappa shape index (κ3) is 50.6. The van der Waals surface area contributed by atoms with Crippen molar-refractivity contribution in [3.05, 3.63) is 36.5 Å². The number of carbonyl (C=O) groups is 3. The predicted octanol–water partition coefficient (Wildman–Crippen LogP) is 18.5. The molecule has 0 aromatic rings. The van der Waals surface area contributed by atoms with E-state index in [0.717, 1.165) is 70.6 Å². The fraction of sp³-hybridized carbons (Fsp3) is 0.845. The van der Waals surface area contributed by atoms with Gasteiger partial charge in [-0.05, 0) is 96.3 Å². The van der Waals surface area contributed by atoms with Crippen LogP contribution in [0.25, 0.3) is 0 Å². The van der Waals surface area contributed by atoms with Crippen LogP contribution in [0.5, 0.6) is 0 Å². The van der Waals surface area contributed by atoms with Crippen LogP contribution in [0, 0.1) is 0 Å². The van der Waals surface area contributed by atoms with Crippen LogP contribution in [0.3, 0.4) is 0 Å². The van der Waals surface area contributed by atoms with Gasteiger partial charge in [0.15, 0.2) is 6.10 Å². The summed E-state index contributed by atoms with van der Waals surface area (Å²) in [4.78, 5) is 38.1. The van der Waals surface area contributed by atoms with Crippen LogP contribution >= 0.6 is 0 Å². The molecular formula is C58H106O6. The summed E-state index contributed by atoms with van der Waals surface area (Å²) in [5, 5.41) is 0. The number of rotatable bonds is 51. The average Bonchev–Trinajstić information content (AvgIpc) is 3.29. The Morgan fingerprint density at radius 3 is 0.781 bits per heavy atom. The molecule has 0 aromatic carbocycles. The summed E-state index contributed by atoms with van der Waals surface area (Å²) in [6.45, 7) is 6.63. The van der Waals surface area contributed by atoms with Crippen LogP contribution in [-0.2, 0) is 28.6 Å². The molecule has 0 spiro atoms. The van der Waals surface area contributed by atoms with E-state index < -0.39 is 6.10 Å². The predicted molar refractivity (Wildman–Crippen MR) is 275 cm³/mol. The van der Waals surface area contributed by atoms with Gasteiger partial charge in [-0.25, -0.2) is 0 Å². The van der Waals surface area contributed by atoms with E-state index in [9.17, 15) is 14.4 Å². The number of esters is 3. The molecule has 6 nitrogen and oxygen atoms in total. The van der Waals surface area contributed by atoms with Crippen molar-refractivity contribution in [2.75, 3.05) is 13.2 Å². The van der Waals surface area contributed by atoms with E-state index in [0.29, 0.717) is 19.3 Å². The van der Waals surface area contributed by atoms with Gasteiger partial charge in [-0.1, -0.05) is 218 Å². The van der Waals surface area contributed by atoms with Crippen LogP contribution < -0.4 is 0 Å². The Morgan fingerprint density at radius 2 is 0.516 bits per heavy atom. The molecule has 0 heterocycles. The van der Waals surface area contributed by atoms with E-state index in [1.54, 1.807) is 0 Å². The number of ether oxygens (including phenoxy) is 3. The summed E-state index contributed by atoms with van der Waals surface area (Å²) < 4.78 is 16.8. The number of hydrogen-bond donors (Lipinski definition) is 0. The first-order valence-electron chi connectivity index (χ1n) is 28.0. The van der Waals surface area contributed by atoms with E-state index in [-0.39, 0.29) is 31.1 Å². The van der Waals surface area contributed by atoms with Crippen molar-refractivity contribution < 1.29 is 28.6 Å². The summed E-state index contributed by atoms with van der Waals surface area (Å²) >= 11 is 0. The number of carbonyl (C=O) groups excluding carboxylic acids is 3. The van der Waals surface area contributed by atoms with Gasteiger partial charge in [0.05, 0.1) is 0 Å². The SMILES string of the molecule is CCCCCCC/C=C\CCCCCCCC(=O)OC[C@H](COC(=O)CCCCCCCCC/C=C\CCCCCCCC)OC(=O)CCCCCCC/C=C\CCCCCCCC. The van der Waals surface area contributed by atoms with Crippen molar-refractivity contribution in [3.63, 3.8) is 0 Å². The summed E-state index contributed by atoms with van der Waals surface area (Å²) in [6.07, 6.45) is 62.7. The third-order valence-electron chi connectivity index (χ3n) is 12.3. The van der Waals surface area contributed by atoms with Crippen molar-refractivity contribution in [1.82, 2.24) is 0 Å². The molecule has 374 valence electrons. The van der Waals surface area contributed by atoms with E-state index in [1.807, 2.05) is 0 Å². The highest BCUT2D eigenvalue weighted by Crippen LogP contribution is 2.15. The molecule has 0 aliphatic rings. The smallest absolute Gasteiger partial charge is 0.306 e. The minimum absolute atomic E-state index is 0.0784. The van der Waals surface area contributed by atoms with Crippen molar-refractivity contribution in [2.45, 2.75) is 303 Å². The molecular weight excluding hydrogens is 793 g/mol. The lowest BCUT2D eigenvalue weighted by Crippen LogP contribution is -2.30.